The van der Waals surface area contributed by atoms with Gasteiger partial charge in [0.25, 0.3) is 5.91 Å². The minimum Gasteiger partial charge on any atom is -0.368 e. The van der Waals surface area contributed by atoms with Crippen molar-refractivity contribution in [2.45, 2.75) is 17.6 Å². The Kier molecular flexibility index (Phi) is 4.99. The lowest BCUT2D eigenvalue weighted by molar-refractivity contribution is 0.102. The number of aryl methyl sites for hydroxylation is 1. The average Bonchev–Trinajstić information content (AvgIpc) is 3.11. The summed E-state index contributed by atoms with van der Waals surface area (Å²) >= 11 is 1.61. The first kappa shape index (κ1) is 18.1. The van der Waals surface area contributed by atoms with Crippen LogP contribution in [0.3, 0.4) is 0 Å². The molecule has 0 bridgehead atoms. The SMILES string of the molecule is Cc1cccc(NC(=O)c2c[nH]c3cccc(SCc4ccnc(N)n4)c23)c1. The van der Waals surface area contributed by atoms with Gasteiger partial charge >= 0.3 is 0 Å². The van der Waals surface area contributed by atoms with Gasteiger partial charge in [-0.2, -0.15) is 0 Å². The van der Waals surface area contributed by atoms with Crippen molar-refractivity contribution < 1.29 is 4.79 Å². The Bertz CT molecular complexity index is 1150. The number of amides is 1. The second kappa shape index (κ2) is 7.74. The first-order valence-electron chi connectivity index (χ1n) is 8.78. The van der Waals surface area contributed by atoms with E-state index in [1.165, 1.54) is 0 Å². The van der Waals surface area contributed by atoms with Gasteiger partial charge in [0.2, 0.25) is 5.95 Å². The Hall–Kier alpha value is -3.32. The predicted molar refractivity (Wildman–Crippen MR) is 113 cm³/mol. The van der Waals surface area contributed by atoms with E-state index < -0.39 is 0 Å². The summed E-state index contributed by atoms with van der Waals surface area (Å²) in [7, 11) is 0. The predicted octanol–water partition coefficient (Wildman–Crippen LogP) is 4.39. The Balaban J connectivity index is 1.62. The maximum absolute atomic E-state index is 12.9. The summed E-state index contributed by atoms with van der Waals surface area (Å²) in [5, 5.41) is 3.88. The standard InChI is InChI=1S/C21H19N5OS/c1-13-4-2-5-14(10-13)25-20(27)16-11-24-17-6-3-7-18(19(16)17)28-12-15-8-9-23-21(22)26-15/h2-11,24H,12H2,1H3,(H,25,27)(H2,22,23,26). The molecule has 6 nitrogen and oxygen atoms in total. The highest BCUT2D eigenvalue weighted by Crippen LogP contribution is 2.32. The number of rotatable bonds is 5. The fourth-order valence-corrected chi connectivity index (χ4v) is 4.02. The van der Waals surface area contributed by atoms with Crippen LogP contribution in [0.25, 0.3) is 10.9 Å². The number of anilines is 2. The van der Waals surface area contributed by atoms with Crippen molar-refractivity contribution in [3.8, 4) is 0 Å². The molecule has 140 valence electrons. The minimum absolute atomic E-state index is 0.142. The second-order valence-electron chi connectivity index (χ2n) is 6.40. The molecule has 2 heterocycles. The van der Waals surface area contributed by atoms with Crippen LogP contribution in [0.15, 0.2) is 65.8 Å². The van der Waals surface area contributed by atoms with Gasteiger partial charge in [-0.05, 0) is 42.8 Å². The molecule has 1 amide bonds. The molecule has 0 aliphatic carbocycles. The molecule has 2 aromatic heterocycles. The summed E-state index contributed by atoms with van der Waals surface area (Å²) in [5.41, 5.74) is 9.91. The van der Waals surface area contributed by atoms with Gasteiger partial charge in [-0.1, -0.05) is 18.2 Å². The number of fused-ring (bicyclic) bond motifs is 1. The van der Waals surface area contributed by atoms with Crippen LogP contribution >= 0.6 is 11.8 Å². The number of H-pyrrole nitrogens is 1. The lowest BCUT2D eigenvalue weighted by Gasteiger charge is -2.08. The molecule has 0 aliphatic heterocycles. The number of aromatic nitrogens is 3. The van der Waals surface area contributed by atoms with E-state index in [1.807, 2.05) is 55.5 Å². The maximum Gasteiger partial charge on any atom is 0.257 e. The number of carbonyl (C=O) groups excluding carboxylic acids is 1. The maximum atomic E-state index is 12.9. The van der Waals surface area contributed by atoms with Crippen molar-refractivity contribution in [2.24, 2.45) is 0 Å². The molecule has 0 unspecified atom stereocenters. The molecule has 0 saturated carbocycles. The number of thioether (sulfide) groups is 1. The number of hydrogen-bond donors (Lipinski definition) is 3. The molecule has 4 aromatic rings. The fraction of sp³-hybridized carbons (Fsp3) is 0.0952. The Labute approximate surface area is 166 Å². The summed E-state index contributed by atoms with van der Waals surface area (Å²) in [4.78, 5) is 25.2. The van der Waals surface area contributed by atoms with E-state index in [9.17, 15) is 4.79 Å². The lowest BCUT2D eigenvalue weighted by atomic mass is 10.1. The molecule has 0 fully saturated rings. The zero-order valence-electron chi connectivity index (χ0n) is 15.3. The number of aromatic amines is 1. The highest BCUT2D eigenvalue weighted by atomic mass is 32.2. The van der Waals surface area contributed by atoms with E-state index in [0.29, 0.717) is 11.3 Å². The minimum atomic E-state index is -0.142. The van der Waals surface area contributed by atoms with Gasteiger partial charge in [-0.25, -0.2) is 9.97 Å². The van der Waals surface area contributed by atoms with Gasteiger partial charge in [-0.3, -0.25) is 4.79 Å². The van der Waals surface area contributed by atoms with E-state index in [2.05, 4.69) is 20.3 Å². The van der Waals surface area contributed by atoms with Crippen LogP contribution in [0.4, 0.5) is 11.6 Å². The van der Waals surface area contributed by atoms with Crippen molar-refractivity contribution in [1.29, 1.82) is 0 Å². The van der Waals surface area contributed by atoms with Crippen molar-refractivity contribution in [1.82, 2.24) is 15.0 Å². The van der Waals surface area contributed by atoms with E-state index >= 15 is 0 Å². The first-order chi connectivity index (χ1) is 13.6. The van der Waals surface area contributed by atoms with Crippen LogP contribution in [0.5, 0.6) is 0 Å². The molecule has 2 aromatic carbocycles. The smallest absolute Gasteiger partial charge is 0.257 e. The molecular formula is C21H19N5OS. The molecular weight excluding hydrogens is 370 g/mol. The number of nitrogens with two attached hydrogens (primary N) is 1. The largest absolute Gasteiger partial charge is 0.368 e. The Morgan fingerprint density at radius 1 is 1.21 bits per heavy atom. The third kappa shape index (κ3) is 3.84. The molecule has 0 spiro atoms. The summed E-state index contributed by atoms with van der Waals surface area (Å²) in [6.45, 7) is 2.00. The van der Waals surface area contributed by atoms with Gasteiger partial charge < -0.3 is 16.0 Å². The average molecular weight is 389 g/mol. The van der Waals surface area contributed by atoms with E-state index in [1.54, 1.807) is 24.2 Å². The van der Waals surface area contributed by atoms with Gasteiger partial charge in [0, 0.05) is 39.6 Å². The fourth-order valence-electron chi connectivity index (χ4n) is 3.02. The zero-order valence-corrected chi connectivity index (χ0v) is 16.1. The zero-order chi connectivity index (χ0) is 19.5. The monoisotopic (exact) mass is 389 g/mol. The van der Waals surface area contributed by atoms with E-state index in [-0.39, 0.29) is 11.9 Å². The Morgan fingerprint density at radius 3 is 2.89 bits per heavy atom. The number of hydrogen-bond acceptors (Lipinski definition) is 5. The number of benzene rings is 2. The van der Waals surface area contributed by atoms with Crippen LogP contribution < -0.4 is 11.1 Å². The molecule has 4 rings (SSSR count). The summed E-state index contributed by atoms with van der Waals surface area (Å²) in [5.74, 6) is 0.753. The quantitative estimate of drug-likeness (QED) is 0.440. The Morgan fingerprint density at radius 2 is 2.07 bits per heavy atom. The number of carbonyl (C=O) groups is 1. The summed E-state index contributed by atoms with van der Waals surface area (Å²) in [6.07, 6.45) is 3.40. The van der Waals surface area contributed by atoms with Gasteiger partial charge in [-0.15, -0.1) is 11.8 Å². The van der Waals surface area contributed by atoms with Crippen LogP contribution in [-0.2, 0) is 5.75 Å². The molecule has 0 atom stereocenters. The van der Waals surface area contributed by atoms with Crippen LogP contribution in [0.2, 0.25) is 0 Å². The van der Waals surface area contributed by atoms with Crippen LogP contribution in [0, 0.1) is 6.92 Å². The molecule has 0 radical (unpaired) electrons. The second-order valence-corrected chi connectivity index (χ2v) is 7.42. The number of nitrogens with zero attached hydrogens (tertiary/aromatic N) is 2. The van der Waals surface area contributed by atoms with E-state index in [0.717, 1.165) is 32.7 Å². The van der Waals surface area contributed by atoms with Gasteiger partial charge in [0.1, 0.15) is 0 Å². The number of nitrogen functional groups attached to an aromatic ring is 1. The summed E-state index contributed by atoms with van der Waals surface area (Å²) < 4.78 is 0. The normalized spacial score (nSPS) is 10.9. The van der Waals surface area contributed by atoms with Crippen molar-refractivity contribution >= 4 is 40.2 Å². The van der Waals surface area contributed by atoms with Crippen molar-refractivity contribution in [3.05, 3.63) is 77.7 Å². The highest BCUT2D eigenvalue weighted by molar-refractivity contribution is 7.98. The van der Waals surface area contributed by atoms with Crippen LogP contribution in [-0.4, -0.2) is 20.9 Å². The first-order valence-corrected chi connectivity index (χ1v) is 9.77. The third-order valence-corrected chi connectivity index (χ3v) is 5.39. The summed E-state index contributed by atoms with van der Waals surface area (Å²) in [6, 6.07) is 15.5. The molecule has 7 heteroatoms. The third-order valence-electron chi connectivity index (χ3n) is 4.30. The topological polar surface area (TPSA) is 96.7 Å². The lowest BCUT2D eigenvalue weighted by Crippen LogP contribution is -2.11. The highest BCUT2D eigenvalue weighted by Gasteiger charge is 2.16. The van der Waals surface area contributed by atoms with Crippen LogP contribution in [0.1, 0.15) is 21.6 Å². The van der Waals surface area contributed by atoms with E-state index in [4.69, 9.17) is 5.73 Å². The molecule has 28 heavy (non-hydrogen) atoms. The van der Waals surface area contributed by atoms with Gasteiger partial charge in [0.15, 0.2) is 0 Å². The van der Waals surface area contributed by atoms with Gasteiger partial charge in [0.05, 0.1) is 11.3 Å². The molecule has 0 aliphatic rings. The molecule has 0 saturated heterocycles. The molecule has 4 N–H and O–H groups in total. The van der Waals surface area contributed by atoms with Crippen molar-refractivity contribution in [3.63, 3.8) is 0 Å². The van der Waals surface area contributed by atoms with Crippen molar-refractivity contribution in [2.75, 3.05) is 11.1 Å². The number of nitrogens with one attached hydrogen (secondary N) is 2.